The van der Waals surface area contributed by atoms with E-state index < -0.39 is 11.7 Å². The van der Waals surface area contributed by atoms with Gasteiger partial charge in [0.05, 0.1) is 12.3 Å². The van der Waals surface area contributed by atoms with E-state index in [0.29, 0.717) is 23.9 Å². The second-order valence-corrected chi connectivity index (χ2v) is 6.95. The highest BCUT2D eigenvalue weighted by Gasteiger charge is 2.39. The van der Waals surface area contributed by atoms with Gasteiger partial charge < -0.3 is 15.4 Å². The Bertz CT molecular complexity index is 819. The number of halogens is 3. The molecule has 2 atom stereocenters. The molecule has 4 rings (SSSR count). The number of alkyl halides is 3. The number of aromatic amines is 1. The van der Waals surface area contributed by atoms with Crippen LogP contribution < -0.4 is 15.4 Å². The number of nitrogens with zero attached hydrogens (tertiary/aromatic N) is 3. The fraction of sp³-hybridized carbons (Fsp3) is 0.562. The Morgan fingerprint density at radius 2 is 2.08 bits per heavy atom. The van der Waals surface area contributed by atoms with Crippen LogP contribution in [0.1, 0.15) is 43.9 Å². The average Bonchev–Trinajstić information content (AvgIpc) is 2.93. The van der Waals surface area contributed by atoms with Crippen LogP contribution in [0.15, 0.2) is 6.20 Å². The highest BCUT2D eigenvalue weighted by molar-refractivity contribution is 5.65. The molecule has 0 amide bonds. The van der Waals surface area contributed by atoms with Gasteiger partial charge in [-0.2, -0.15) is 23.3 Å². The van der Waals surface area contributed by atoms with Crippen LogP contribution >= 0.6 is 0 Å². The molecule has 1 aliphatic carbocycles. The number of fused-ring (bicyclic) bond motifs is 4. The molecule has 3 N–H and O–H groups in total. The number of hydrogen-bond acceptors (Lipinski definition) is 6. The predicted octanol–water partition coefficient (Wildman–Crippen LogP) is 3.67. The Morgan fingerprint density at radius 3 is 2.73 bits per heavy atom. The van der Waals surface area contributed by atoms with Crippen LogP contribution in [-0.4, -0.2) is 32.8 Å². The van der Waals surface area contributed by atoms with Crippen molar-refractivity contribution in [2.24, 2.45) is 5.92 Å². The van der Waals surface area contributed by atoms with Crippen molar-refractivity contribution in [3.63, 3.8) is 0 Å². The van der Waals surface area contributed by atoms with Crippen molar-refractivity contribution in [3.05, 3.63) is 17.5 Å². The molecule has 0 unspecified atom stereocenters. The average molecular weight is 368 g/mol. The van der Waals surface area contributed by atoms with Crippen LogP contribution in [0, 0.1) is 5.92 Å². The topological polar surface area (TPSA) is 87.8 Å². The van der Waals surface area contributed by atoms with E-state index in [9.17, 15) is 13.2 Å². The van der Waals surface area contributed by atoms with Crippen molar-refractivity contribution in [2.45, 2.75) is 44.8 Å². The molecule has 2 aliphatic rings. The SMILES string of the molecule is CC(C)c1n[nH]c2c1Nc1ncc(C(F)(F)F)c(n1)N[C@@H]1CC[C@H]1CO2. The van der Waals surface area contributed by atoms with Gasteiger partial charge in [0.1, 0.15) is 17.1 Å². The fourth-order valence-corrected chi connectivity index (χ4v) is 3.18. The smallest absolute Gasteiger partial charge is 0.421 e. The molecule has 2 bridgehead atoms. The molecule has 0 saturated heterocycles. The lowest BCUT2D eigenvalue weighted by Crippen LogP contribution is -2.42. The molecule has 1 aliphatic heterocycles. The van der Waals surface area contributed by atoms with Crippen LogP contribution in [0.4, 0.5) is 30.6 Å². The van der Waals surface area contributed by atoms with Gasteiger partial charge in [0.2, 0.25) is 11.8 Å². The normalized spacial score (nSPS) is 22.1. The molecule has 2 aromatic rings. The highest BCUT2D eigenvalue weighted by atomic mass is 19.4. The Labute approximate surface area is 147 Å². The molecule has 0 spiro atoms. The Morgan fingerprint density at radius 1 is 1.27 bits per heavy atom. The van der Waals surface area contributed by atoms with Crippen LogP contribution in [0.2, 0.25) is 0 Å². The summed E-state index contributed by atoms with van der Waals surface area (Å²) < 4.78 is 45.8. The summed E-state index contributed by atoms with van der Waals surface area (Å²) in [6.45, 7) is 4.31. The van der Waals surface area contributed by atoms with Crippen molar-refractivity contribution in [1.29, 1.82) is 0 Å². The van der Waals surface area contributed by atoms with Crippen molar-refractivity contribution in [3.8, 4) is 5.88 Å². The zero-order chi connectivity index (χ0) is 18.5. The van der Waals surface area contributed by atoms with Crippen molar-refractivity contribution in [2.75, 3.05) is 17.2 Å². The third-order valence-electron chi connectivity index (χ3n) is 4.82. The van der Waals surface area contributed by atoms with Gasteiger partial charge >= 0.3 is 6.18 Å². The minimum absolute atomic E-state index is 0.0615. The molecule has 1 fully saturated rings. The molecular formula is C16H19F3N6O. The van der Waals surface area contributed by atoms with E-state index in [1.54, 1.807) is 0 Å². The first kappa shape index (κ1) is 16.9. The molecule has 7 nitrogen and oxygen atoms in total. The summed E-state index contributed by atoms with van der Waals surface area (Å²) in [6, 6.07) is -0.118. The Kier molecular flexibility index (Phi) is 3.92. The molecule has 3 heterocycles. The number of ether oxygens (including phenoxy) is 1. The van der Waals surface area contributed by atoms with Crippen LogP contribution in [0.3, 0.4) is 0 Å². The monoisotopic (exact) mass is 368 g/mol. The minimum Gasteiger partial charge on any atom is -0.476 e. The maximum Gasteiger partial charge on any atom is 0.421 e. The lowest BCUT2D eigenvalue weighted by atomic mass is 9.80. The first-order valence-electron chi connectivity index (χ1n) is 8.51. The van der Waals surface area contributed by atoms with E-state index in [2.05, 4.69) is 30.8 Å². The van der Waals surface area contributed by atoms with Gasteiger partial charge in [-0.25, -0.2) is 10.1 Å². The lowest BCUT2D eigenvalue weighted by Gasteiger charge is -2.37. The van der Waals surface area contributed by atoms with E-state index in [1.165, 1.54) is 0 Å². The summed E-state index contributed by atoms with van der Waals surface area (Å²) in [5, 5.41) is 13.0. The summed E-state index contributed by atoms with van der Waals surface area (Å²) in [5.41, 5.74) is 0.399. The van der Waals surface area contributed by atoms with E-state index in [1.807, 2.05) is 13.8 Å². The summed E-state index contributed by atoms with van der Waals surface area (Å²) in [6.07, 6.45) is -2.07. The first-order chi connectivity index (χ1) is 12.3. The van der Waals surface area contributed by atoms with Gasteiger partial charge in [0.25, 0.3) is 0 Å². The summed E-state index contributed by atoms with van der Waals surface area (Å²) >= 11 is 0. The quantitative estimate of drug-likeness (QED) is 0.712. The third-order valence-corrected chi connectivity index (χ3v) is 4.82. The van der Waals surface area contributed by atoms with E-state index >= 15 is 0 Å². The maximum absolute atomic E-state index is 13.3. The number of rotatable bonds is 1. The van der Waals surface area contributed by atoms with Gasteiger partial charge in [-0.1, -0.05) is 13.8 Å². The van der Waals surface area contributed by atoms with Gasteiger partial charge in [-0.15, -0.1) is 0 Å². The molecule has 26 heavy (non-hydrogen) atoms. The fourth-order valence-electron chi connectivity index (χ4n) is 3.18. The van der Waals surface area contributed by atoms with Crippen molar-refractivity contribution < 1.29 is 17.9 Å². The number of aromatic nitrogens is 4. The summed E-state index contributed by atoms with van der Waals surface area (Å²) in [4.78, 5) is 7.93. The first-order valence-corrected chi connectivity index (χ1v) is 8.51. The molecular weight excluding hydrogens is 349 g/mol. The van der Waals surface area contributed by atoms with Crippen LogP contribution in [-0.2, 0) is 6.18 Å². The number of H-pyrrole nitrogens is 1. The Hall–Kier alpha value is -2.52. The van der Waals surface area contributed by atoms with Crippen LogP contribution in [0.25, 0.3) is 0 Å². The number of nitrogens with one attached hydrogen (secondary N) is 3. The summed E-state index contributed by atoms with van der Waals surface area (Å²) in [5.74, 6) is 0.492. The van der Waals surface area contributed by atoms with Gasteiger partial charge in [0.15, 0.2) is 0 Å². The third kappa shape index (κ3) is 2.93. The maximum atomic E-state index is 13.3. The minimum atomic E-state index is -4.53. The van der Waals surface area contributed by atoms with Gasteiger partial charge in [-0.05, 0) is 18.8 Å². The van der Waals surface area contributed by atoms with Crippen molar-refractivity contribution in [1.82, 2.24) is 20.2 Å². The second-order valence-electron chi connectivity index (χ2n) is 6.95. The second kappa shape index (κ2) is 6.03. The molecule has 2 aromatic heterocycles. The summed E-state index contributed by atoms with van der Waals surface area (Å²) in [7, 11) is 0. The molecule has 0 aromatic carbocycles. The molecule has 140 valence electrons. The lowest BCUT2D eigenvalue weighted by molar-refractivity contribution is -0.137. The predicted molar refractivity (Wildman–Crippen MR) is 88.6 cm³/mol. The highest BCUT2D eigenvalue weighted by Crippen LogP contribution is 2.40. The molecule has 10 heteroatoms. The number of hydrogen-bond donors (Lipinski definition) is 3. The van der Waals surface area contributed by atoms with Gasteiger partial charge in [-0.3, -0.25) is 0 Å². The van der Waals surface area contributed by atoms with Crippen molar-refractivity contribution >= 4 is 17.5 Å². The van der Waals surface area contributed by atoms with Crippen LogP contribution in [0.5, 0.6) is 5.88 Å². The molecule has 1 saturated carbocycles. The molecule has 0 radical (unpaired) electrons. The van der Waals surface area contributed by atoms with E-state index in [-0.39, 0.29) is 29.6 Å². The largest absolute Gasteiger partial charge is 0.476 e. The van der Waals surface area contributed by atoms with E-state index in [4.69, 9.17) is 4.74 Å². The zero-order valence-electron chi connectivity index (χ0n) is 14.3. The standard InChI is InChI=1S/C16H19F3N6O/c1-7(2)11-12-14(25-24-11)26-6-8-3-4-10(8)21-13-9(16(17,18)19)5-20-15(22-12)23-13/h5,7-8,10H,3-4,6H2,1-2H3,(H,24,25)(H2,20,21,22,23)/t8-,10+/m0/s1. The Balaban J connectivity index is 1.79. The number of anilines is 3. The van der Waals surface area contributed by atoms with Gasteiger partial charge in [0, 0.05) is 18.2 Å². The zero-order valence-corrected chi connectivity index (χ0v) is 14.3. The van der Waals surface area contributed by atoms with E-state index in [0.717, 1.165) is 19.0 Å².